The molecule has 6 nitrogen and oxygen atoms in total. The number of rotatable bonds is 3. The van der Waals surface area contributed by atoms with Crippen LogP contribution in [0.15, 0.2) is 23.4 Å². The summed E-state index contributed by atoms with van der Waals surface area (Å²) in [6.45, 7) is 0.813. The molecule has 0 saturated carbocycles. The van der Waals surface area contributed by atoms with Gasteiger partial charge in [0.1, 0.15) is 6.54 Å². The molecular weight excluding hydrogens is 244 g/mol. The third-order valence-electron chi connectivity index (χ3n) is 2.06. The van der Waals surface area contributed by atoms with Crippen molar-refractivity contribution >= 4 is 16.1 Å². The Balaban J connectivity index is 3.05. The average molecular weight is 256 g/mol. The van der Waals surface area contributed by atoms with E-state index in [0.717, 1.165) is 4.31 Å². The lowest BCUT2D eigenvalue weighted by atomic mass is 10.2. The molecule has 7 heteroatoms. The predicted molar refractivity (Wildman–Crippen MR) is 61.5 cm³/mol. The number of hydrogen-bond acceptors (Lipinski definition) is 4. The summed E-state index contributed by atoms with van der Waals surface area (Å²) < 4.78 is 25.5. The van der Waals surface area contributed by atoms with Gasteiger partial charge in [0.05, 0.1) is 12.3 Å². The Labute approximate surface area is 99.8 Å². The Morgan fingerprint density at radius 2 is 2.29 bits per heavy atom. The second kappa shape index (κ2) is 5.03. The van der Waals surface area contributed by atoms with Crippen LogP contribution in [-0.4, -0.2) is 36.9 Å². The van der Waals surface area contributed by atoms with Gasteiger partial charge in [-0.3, -0.25) is 4.79 Å². The molecule has 1 amide bonds. The first-order chi connectivity index (χ1) is 7.90. The number of hydrogen-bond donors (Lipinski definition) is 2. The van der Waals surface area contributed by atoms with Crippen LogP contribution in [-0.2, 0) is 15.0 Å². The molecule has 1 heterocycles. The summed E-state index contributed by atoms with van der Waals surface area (Å²) in [5, 5.41) is 9.10. The van der Waals surface area contributed by atoms with Gasteiger partial charge < -0.3 is 5.11 Å². The summed E-state index contributed by atoms with van der Waals surface area (Å²) in [4.78, 5) is 11.0. The third-order valence-corrected chi connectivity index (χ3v) is 3.49. The fourth-order valence-electron chi connectivity index (χ4n) is 1.19. The lowest BCUT2D eigenvalue weighted by Crippen LogP contribution is -2.30. The fraction of sp³-hybridized carbons (Fsp3) is 0.300. The smallest absolute Gasteiger partial charge is 0.326 e. The highest BCUT2D eigenvalue weighted by atomic mass is 32.2. The van der Waals surface area contributed by atoms with Gasteiger partial charge in [-0.25, -0.2) is 9.03 Å². The van der Waals surface area contributed by atoms with Gasteiger partial charge >= 0.3 is 10.2 Å². The zero-order valence-corrected chi connectivity index (χ0v) is 9.99. The van der Waals surface area contributed by atoms with E-state index in [1.165, 1.54) is 12.2 Å². The minimum Gasteiger partial charge on any atom is -0.390 e. The van der Waals surface area contributed by atoms with E-state index in [2.05, 4.69) is 5.92 Å². The normalized spacial score (nSPS) is 20.1. The van der Waals surface area contributed by atoms with Gasteiger partial charge in [-0.15, -0.1) is 6.42 Å². The Morgan fingerprint density at radius 1 is 1.65 bits per heavy atom. The molecule has 1 aliphatic rings. The molecule has 17 heavy (non-hydrogen) atoms. The van der Waals surface area contributed by atoms with E-state index in [1.54, 1.807) is 11.6 Å². The second-order valence-corrected chi connectivity index (χ2v) is 4.94. The molecule has 0 radical (unpaired) electrons. The molecule has 0 aromatic heterocycles. The topological polar surface area (TPSA) is 86.7 Å². The van der Waals surface area contributed by atoms with Crippen LogP contribution >= 0.6 is 0 Å². The van der Waals surface area contributed by atoms with Gasteiger partial charge in [-0.05, 0) is 24.6 Å². The molecule has 1 saturated heterocycles. The van der Waals surface area contributed by atoms with Crippen LogP contribution in [0, 0.1) is 12.3 Å². The van der Waals surface area contributed by atoms with Gasteiger partial charge in [0, 0.05) is 0 Å². The first-order valence-corrected chi connectivity index (χ1v) is 6.13. The van der Waals surface area contributed by atoms with E-state index in [0.29, 0.717) is 5.57 Å². The summed E-state index contributed by atoms with van der Waals surface area (Å²) in [5.74, 6) is 1.71. The third kappa shape index (κ3) is 3.09. The Kier molecular flexibility index (Phi) is 3.93. The molecule has 0 bridgehead atoms. The molecule has 0 spiro atoms. The number of allylic oxidation sites excluding steroid dienone is 3. The molecule has 1 aliphatic heterocycles. The largest absolute Gasteiger partial charge is 0.390 e. The number of aliphatic hydroxyl groups is 1. The van der Waals surface area contributed by atoms with Crippen molar-refractivity contribution in [2.24, 2.45) is 0 Å². The van der Waals surface area contributed by atoms with E-state index >= 15 is 0 Å². The lowest BCUT2D eigenvalue weighted by molar-refractivity contribution is -0.118. The van der Waals surface area contributed by atoms with Crippen LogP contribution in [0.2, 0.25) is 0 Å². The number of nitrogens with zero attached hydrogens (tertiary/aromatic N) is 1. The van der Waals surface area contributed by atoms with Crippen molar-refractivity contribution in [1.82, 2.24) is 9.03 Å². The van der Waals surface area contributed by atoms with E-state index in [9.17, 15) is 13.2 Å². The maximum atomic E-state index is 11.5. The fourth-order valence-corrected chi connectivity index (χ4v) is 2.36. The van der Waals surface area contributed by atoms with Crippen molar-refractivity contribution in [2.75, 3.05) is 13.2 Å². The summed E-state index contributed by atoms with van der Waals surface area (Å²) >= 11 is 0. The minimum atomic E-state index is -3.88. The molecule has 0 unspecified atom stereocenters. The van der Waals surface area contributed by atoms with Gasteiger partial charge in [0.25, 0.3) is 5.91 Å². The average Bonchev–Trinajstić information content (AvgIpc) is 2.53. The molecule has 92 valence electrons. The maximum Gasteiger partial charge on any atom is 0.326 e. The second-order valence-electron chi connectivity index (χ2n) is 3.35. The summed E-state index contributed by atoms with van der Waals surface area (Å²) in [7, 11) is -3.88. The van der Waals surface area contributed by atoms with Crippen molar-refractivity contribution in [1.29, 1.82) is 0 Å². The monoisotopic (exact) mass is 256 g/mol. The van der Waals surface area contributed by atoms with Crippen LogP contribution in [0.1, 0.15) is 6.92 Å². The Morgan fingerprint density at radius 3 is 2.71 bits per heavy atom. The van der Waals surface area contributed by atoms with Crippen LogP contribution in [0.25, 0.3) is 0 Å². The van der Waals surface area contributed by atoms with Crippen LogP contribution in [0.4, 0.5) is 0 Å². The first-order valence-electron chi connectivity index (χ1n) is 4.69. The highest BCUT2D eigenvalue weighted by Gasteiger charge is 2.34. The number of nitrogens with one attached hydrogen (secondary N) is 1. The van der Waals surface area contributed by atoms with Crippen molar-refractivity contribution in [2.45, 2.75) is 6.92 Å². The predicted octanol–water partition coefficient (Wildman–Crippen LogP) is -0.881. The van der Waals surface area contributed by atoms with E-state index in [1.807, 2.05) is 0 Å². The first kappa shape index (κ1) is 13.3. The highest BCUT2D eigenvalue weighted by Crippen LogP contribution is 2.14. The maximum absolute atomic E-state index is 11.5. The van der Waals surface area contributed by atoms with Crippen LogP contribution in [0.3, 0.4) is 0 Å². The van der Waals surface area contributed by atoms with Crippen molar-refractivity contribution in [3.8, 4) is 12.3 Å². The van der Waals surface area contributed by atoms with Crippen molar-refractivity contribution in [3.05, 3.63) is 23.4 Å². The van der Waals surface area contributed by atoms with Crippen molar-refractivity contribution < 1.29 is 18.3 Å². The number of aliphatic hydroxyl groups excluding tert-OH is 1. The van der Waals surface area contributed by atoms with Crippen LogP contribution in [0.5, 0.6) is 0 Å². The molecule has 0 aliphatic carbocycles. The molecule has 0 aromatic rings. The molecular formula is C10H12N2O4S. The molecule has 2 N–H and O–H groups in total. The quantitative estimate of drug-likeness (QED) is 0.507. The number of carbonyl (C=O) groups excluding carboxylic acids is 1. The number of amides is 1. The number of carbonyl (C=O) groups is 1. The lowest BCUT2D eigenvalue weighted by Gasteiger charge is -2.16. The van der Waals surface area contributed by atoms with Gasteiger partial charge in [0.15, 0.2) is 0 Å². The van der Waals surface area contributed by atoms with Gasteiger partial charge in [-0.2, -0.15) is 8.42 Å². The zero-order valence-electron chi connectivity index (χ0n) is 9.17. The standard InChI is InChI=1S/C10H12N2O4S/c1-3-8(2)4-5-9(7-13)12-6-10(14)11-17(12,15)16/h1,4-5,13H,6-7H2,2H3,(H,11,14)/b8-4-,9-5+. The molecule has 0 atom stereocenters. The Hall–Kier alpha value is -1.78. The highest BCUT2D eigenvalue weighted by molar-refractivity contribution is 7.88. The zero-order chi connectivity index (χ0) is 13.1. The van der Waals surface area contributed by atoms with Crippen molar-refractivity contribution in [3.63, 3.8) is 0 Å². The molecule has 1 fully saturated rings. The summed E-state index contributed by atoms with van der Waals surface area (Å²) in [5.41, 5.74) is 0.657. The van der Waals surface area contributed by atoms with Gasteiger partial charge in [0.2, 0.25) is 0 Å². The number of terminal acetylenes is 1. The van der Waals surface area contributed by atoms with E-state index in [4.69, 9.17) is 11.5 Å². The van der Waals surface area contributed by atoms with Gasteiger partial charge in [-0.1, -0.05) is 5.92 Å². The Bertz CT molecular complexity index is 525. The van der Waals surface area contributed by atoms with E-state index in [-0.39, 0.29) is 12.2 Å². The SMILES string of the molecule is C#C/C(C)=C\C=C(/CO)N1CC(=O)NS1(=O)=O. The summed E-state index contributed by atoms with van der Waals surface area (Å²) in [6, 6.07) is 0. The van der Waals surface area contributed by atoms with Crippen LogP contribution < -0.4 is 4.72 Å². The minimum absolute atomic E-state index is 0.0814. The summed E-state index contributed by atoms with van der Waals surface area (Å²) in [6.07, 6.45) is 7.98. The van der Waals surface area contributed by atoms with E-state index < -0.39 is 22.7 Å². The molecule has 1 rings (SSSR count). The molecule has 0 aromatic carbocycles.